The number of hydrogen-bond acceptors (Lipinski definition) is 1. The first-order valence-corrected chi connectivity index (χ1v) is 5.21. The maximum absolute atomic E-state index is 5.84. The van der Waals surface area contributed by atoms with Gasteiger partial charge in [0.05, 0.1) is 20.1 Å². The zero-order valence-electron chi connectivity index (χ0n) is 8.66. The van der Waals surface area contributed by atoms with Crippen molar-refractivity contribution in [2.45, 2.75) is 6.42 Å². The van der Waals surface area contributed by atoms with Crippen LogP contribution in [0, 0.1) is 0 Å². The summed E-state index contributed by atoms with van der Waals surface area (Å²) >= 11 is 5.84. The van der Waals surface area contributed by atoms with Crippen LogP contribution in [0.2, 0.25) is 5.02 Å². The molecule has 0 amide bonds. The monoisotopic (exact) mass is 336 g/mol. The molecule has 0 aliphatic carbocycles. The Morgan fingerprint density at radius 2 is 1.93 bits per heavy atom. The quantitative estimate of drug-likeness (QED) is 0.482. The van der Waals surface area contributed by atoms with Gasteiger partial charge in [-0.3, -0.25) is 4.58 Å². The van der Waals surface area contributed by atoms with Gasteiger partial charge in [0, 0.05) is 11.4 Å². The minimum Gasteiger partial charge on any atom is -1.00 e. The number of halogens is 2. The maximum atomic E-state index is 5.84. The average Bonchev–Trinajstić information content (AvgIpc) is 2.19. The number of benzene rings is 1. The van der Waals surface area contributed by atoms with E-state index in [1.807, 2.05) is 12.1 Å². The molecule has 1 heterocycles. The SMILES string of the molecule is C[N+]1=CN(c2ccc(Cl)cc2)CCC1.[I-]. The average molecular weight is 337 g/mol. The van der Waals surface area contributed by atoms with Gasteiger partial charge in [0.15, 0.2) is 0 Å². The molecule has 0 saturated heterocycles. The van der Waals surface area contributed by atoms with Gasteiger partial charge in [-0.25, -0.2) is 4.90 Å². The standard InChI is InChI=1S/C11H14ClN2.HI/c1-13-7-2-8-14(9-13)11-5-3-10(12)4-6-11;/h3-6,9H,2,7-8H2,1H3;1H/q+1;/p-1. The second kappa shape index (κ2) is 5.70. The highest BCUT2D eigenvalue weighted by atomic mass is 127. The van der Waals surface area contributed by atoms with Crippen LogP contribution >= 0.6 is 11.6 Å². The smallest absolute Gasteiger partial charge is 0.239 e. The topological polar surface area (TPSA) is 6.25 Å². The van der Waals surface area contributed by atoms with E-state index in [0.29, 0.717) is 0 Å². The van der Waals surface area contributed by atoms with E-state index in [2.05, 4.69) is 35.0 Å². The summed E-state index contributed by atoms with van der Waals surface area (Å²) in [6.07, 6.45) is 3.35. The third-order valence-corrected chi connectivity index (χ3v) is 2.66. The molecule has 1 aliphatic heterocycles. The van der Waals surface area contributed by atoms with Crippen LogP contribution in [0.25, 0.3) is 0 Å². The van der Waals surface area contributed by atoms with Gasteiger partial charge in [-0.15, -0.1) is 0 Å². The molecule has 0 saturated carbocycles. The third kappa shape index (κ3) is 3.34. The van der Waals surface area contributed by atoms with Gasteiger partial charge in [-0.05, 0) is 24.3 Å². The van der Waals surface area contributed by atoms with Crippen LogP contribution < -0.4 is 28.9 Å². The first-order valence-electron chi connectivity index (χ1n) is 4.83. The van der Waals surface area contributed by atoms with E-state index in [4.69, 9.17) is 11.6 Å². The first-order chi connectivity index (χ1) is 6.75. The molecule has 0 fully saturated rings. The molecule has 2 rings (SSSR count). The highest BCUT2D eigenvalue weighted by Crippen LogP contribution is 2.17. The molecule has 1 aromatic rings. The normalized spacial score (nSPS) is 15.6. The molecule has 1 aromatic carbocycles. The van der Waals surface area contributed by atoms with Crippen molar-refractivity contribution in [3.8, 4) is 0 Å². The Kier molecular flexibility index (Phi) is 4.86. The van der Waals surface area contributed by atoms with Crippen LogP contribution in [0.4, 0.5) is 5.69 Å². The zero-order valence-corrected chi connectivity index (χ0v) is 11.6. The van der Waals surface area contributed by atoms with Gasteiger partial charge >= 0.3 is 0 Å². The van der Waals surface area contributed by atoms with Crippen molar-refractivity contribution in [3.63, 3.8) is 0 Å². The van der Waals surface area contributed by atoms with E-state index in [1.165, 1.54) is 12.1 Å². The molecule has 0 atom stereocenters. The fourth-order valence-electron chi connectivity index (χ4n) is 1.67. The lowest BCUT2D eigenvalue weighted by molar-refractivity contribution is -0.496. The number of hydrogen-bond donors (Lipinski definition) is 0. The minimum atomic E-state index is 0. The number of anilines is 1. The zero-order chi connectivity index (χ0) is 9.97. The summed E-state index contributed by atoms with van der Waals surface area (Å²) < 4.78 is 2.21. The van der Waals surface area contributed by atoms with Crippen LogP contribution in [-0.2, 0) is 0 Å². The van der Waals surface area contributed by atoms with Crippen molar-refractivity contribution in [2.24, 2.45) is 0 Å². The summed E-state index contributed by atoms with van der Waals surface area (Å²) in [4.78, 5) is 2.25. The second-order valence-electron chi connectivity index (χ2n) is 3.62. The predicted octanol–water partition coefficient (Wildman–Crippen LogP) is -0.775. The largest absolute Gasteiger partial charge is 1.00 e. The van der Waals surface area contributed by atoms with E-state index < -0.39 is 0 Å². The molecule has 0 N–H and O–H groups in total. The lowest BCUT2D eigenvalue weighted by Gasteiger charge is -2.18. The van der Waals surface area contributed by atoms with E-state index in [0.717, 1.165) is 18.1 Å². The molecule has 1 aliphatic rings. The molecular weight excluding hydrogens is 322 g/mol. The van der Waals surface area contributed by atoms with Crippen LogP contribution in [0.5, 0.6) is 0 Å². The van der Waals surface area contributed by atoms with Gasteiger partial charge in [0.1, 0.15) is 5.69 Å². The summed E-state index contributed by atoms with van der Waals surface area (Å²) in [7, 11) is 2.10. The van der Waals surface area contributed by atoms with Gasteiger partial charge in [-0.1, -0.05) is 11.6 Å². The highest BCUT2D eigenvalue weighted by molar-refractivity contribution is 6.30. The Hall–Kier alpha value is -0.290. The summed E-state index contributed by atoms with van der Waals surface area (Å²) in [5.41, 5.74) is 1.21. The lowest BCUT2D eigenvalue weighted by Crippen LogP contribution is -3.00. The van der Waals surface area contributed by atoms with Gasteiger partial charge in [-0.2, -0.15) is 0 Å². The molecule has 4 heteroatoms. The van der Waals surface area contributed by atoms with Crippen molar-refractivity contribution >= 4 is 23.6 Å². The molecular formula is C11H14ClIN2. The van der Waals surface area contributed by atoms with Crippen molar-refractivity contribution in [2.75, 3.05) is 25.0 Å². The molecule has 0 bridgehead atoms. The minimum absolute atomic E-state index is 0. The Morgan fingerprint density at radius 3 is 2.53 bits per heavy atom. The predicted molar refractivity (Wildman–Crippen MR) is 60.5 cm³/mol. The maximum Gasteiger partial charge on any atom is 0.239 e. The molecule has 0 radical (unpaired) electrons. The number of nitrogens with zero attached hydrogens (tertiary/aromatic N) is 2. The van der Waals surface area contributed by atoms with Crippen molar-refractivity contribution in [1.29, 1.82) is 0 Å². The van der Waals surface area contributed by atoms with Crippen LogP contribution in [0.15, 0.2) is 24.3 Å². The van der Waals surface area contributed by atoms with Gasteiger partial charge in [0.25, 0.3) is 0 Å². The van der Waals surface area contributed by atoms with E-state index >= 15 is 0 Å². The summed E-state index contributed by atoms with van der Waals surface area (Å²) in [6.45, 7) is 2.23. The molecule has 82 valence electrons. The van der Waals surface area contributed by atoms with Crippen LogP contribution in [0.3, 0.4) is 0 Å². The summed E-state index contributed by atoms with van der Waals surface area (Å²) in [5, 5.41) is 0.791. The Bertz CT molecular complexity index is 348. The summed E-state index contributed by atoms with van der Waals surface area (Å²) in [5.74, 6) is 0. The van der Waals surface area contributed by atoms with E-state index in [1.54, 1.807) is 0 Å². The Morgan fingerprint density at radius 1 is 1.27 bits per heavy atom. The fraction of sp³-hybridized carbons (Fsp3) is 0.364. The Labute approximate surface area is 113 Å². The number of rotatable bonds is 1. The summed E-state index contributed by atoms with van der Waals surface area (Å²) in [6, 6.07) is 7.97. The first kappa shape index (κ1) is 12.8. The van der Waals surface area contributed by atoms with Gasteiger partial charge < -0.3 is 24.0 Å². The molecule has 0 aromatic heterocycles. The van der Waals surface area contributed by atoms with Crippen molar-refractivity contribution < 1.29 is 28.6 Å². The molecule has 2 nitrogen and oxygen atoms in total. The van der Waals surface area contributed by atoms with E-state index in [9.17, 15) is 0 Å². The third-order valence-electron chi connectivity index (χ3n) is 2.40. The van der Waals surface area contributed by atoms with Gasteiger partial charge in [0.2, 0.25) is 6.34 Å². The van der Waals surface area contributed by atoms with Crippen LogP contribution in [-0.4, -0.2) is 31.1 Å². The molecule has 0 spiro atoms. The molecule has 15 heavy (non-hydrogen) atoms. The van der Waals surface area contributed by atoms with Crippen molar-refractivity contribution in [3.05, 3.63) is 29.3 Å². The lowest BCUT2D eigenvalue weighted by atomic mass is 10.2. The highest BCUT2D eigenvalue weighted by Gasteiger charge is 2.15. The Balaban J connectivity index is 0.00000112. The van der Waals surface area contributed by atoms with E-state index in [-0.39, 0.29) is 24.0 Å². The second-order valence-corrected chi connectivity index (χ2v) is 4.06. The van der Waals surface area contributed by atoms with Crippen LogP contribution in [0.1, 0.15) is 6.42 Å². The fourth-order valence-corrected chi connectivity index (χ4v) is 1.80. The molecule has 0 unspecified atom stereocenters. The van der Waals surface area contributed by atoms with Crippen molar-refractivity contribution in [1.82, 2.24) is 0 Å².